The number of aromatic nitrogens is 1. The quantitative estimate of drug-likeness (QED) is 0.398. The minimum Gasteiger partial charge on any atom is -0.496 e. The normalized spacial score (nSPS) is 10.8. The molecular weight excluding hydrogens is 433 g/mol. The van der Waals surface area contributed by atoms with Crippen LogP contribution < -0.4 is 15.6 Å². The number of rotatable bonds is 6. The van der Waals surface area contributed by atoms with Gasteiger partial charge in [0, 0.05) is 22.2 Å². The number of pyridine rings is 1. The Bertz CT molecular complexity index is 1400. The number of hydrogen-bond acceptors (Lipinski definition) is 3. The van der Waals surface area contributed by atoms with E-state index in [-0.39, 0.29) is 18.6 Å². The number of aromatic amines is 1. The van der Waals surface area contributed by atoms with Gasteiger partial charge in [0.2, 0.25) is 0 Å². The molecule has 0 bridgehead atoms. The Morgan fingerprint density at radius 1 is 0.971 bits per heavy atom. The van der Waals surface area contributed by atoms with Crippen LogP contribution in [0.1, 0.15) is 22.3 Å². The van der Waals surface area contributed by atoms with Crippen LogP contribution in [-0.4, -0.2) is 23.0 Å². The summed E-state index contributed by atoms with van der Waals surface area (Å²) >= 11 is 0. The fourth-order valence-electron chi connectivity index (χ4n) is 3.92. The molecule has 1 heterocycles. The highest BCUT2D eigenvalue weighted by Crippen LogP contribution is 2.23. The van der Waals surface area contributed by atoms with Gasteiger partial charge in [-0.3, -0.25) is 4.79 Å². The van der Waals surface area contributed by atoms with Gasteiger partial charge in [-0.15, -0.1) is 0 Å². The first-order chi connectivity index (χ1) is 16.4. The van der Waals surface area contributed by atoms with Gasteiger partial charge in [-0.2, -0.15) is 0 Å². The van der Waals surface area contributed by atoms with Crippen LogP contribution in [0.4, 0.5) is 14.9 Å². The predicted octanol–water partition coefficient (Wildman–Crippen LogP) is 5.53. The molecule has 0 aliphatic carbocycles. The molecule has 0 saturated heterocycles. The number of amides is 2. The third kappa shape index (κ3) is 4.93. The van der Waals surface area contributed by atoms with E-state index in [1.807, 2.05) is 56.3 Å². The van der Waals surface area contributed by atoms with E-state index >= 15 is 0 Å². The van der Waals surface area contributed by atoms with Crippen molar-refractivity contribution in [3.05, 3.63) is 105 Å². The van der Waals surface area contributed by atoms with Gasteiger partial charge in [0.25, 0.3) is 5.56 Å². The highest BCUT2D eigenvalue weighted by molar-refractivity contribution is 5.89. The molecule has 2 amide bonds. The average Bonchev–Trinajstić information content (AvgIpc) is 2.83. The van der Waals surface area contributed by atoms with E-state index < -0.39 is 11.8 Å². The summed E-state index contributed by atoms with van der Waals surface area (Å²) in [6.45, 7) is 4.21. The molecule has 0 aliphatic rings. The first-order valence-corrected chi connectivity index (χ1v) is 10.9. The maximum atomic E-state index is 13.3. The zero-order valence-corrected chi connectivity index (χ0v) is 19.3. The smallest absolute Gasteiger partial charge is 0.322 e. The van der Waals surface area contributed by atoms with Crippen molar-refractivity contribution in [2.45, 2.75) is 26.9 Å². The standard InChI is InChI=1S/C27H26FN3O3/c1-17-8-9-18(2)25-23(17)14-20(26(32)30-25)16-31(15-19-6-4-5-7-24(19)34-3)27(33)29-22-12-10-21(28)11-13-22/h4-14H,15-16H2,1-3H3,(H,29,33)(H,30,32). The number of carbonyl (C=O) groups is 1. The summed E-state index contributed by atoms with van der Waals surface area (Å²) in [6, 6.07) is 18.3. The largest absolute Gasteiger partial charge is 0.496 e. The fraction of sp³-hybridized carbons (Fsp3) is 0.185. The zero-order valence-electron chi connectivity index (χ0n) is 19.3. The molecule has 4 rings (SSSR count). The number of fused-ring (bicyclic) bond motifs is 1. The molecule has 0 unspecified atom stereocenters. The molecule has 6 nitrogen and oxygen atoms in total. The maximum Gasteiger partial charge on any atom is 0.322 e. The number of carbonyl (C=O) groups excluding carboxylic acids is 1. The molecular formula is C27H26FN3O3. The second-order valence-corrected chi connectivity index (χ2v) is 8.22. The van der Waals surface area contributed by atoms with Crippen LogP contribution in [0.5, 0.6) is 5.75 Å². The number of anilines is 1. The monoisotopic (exact) mass is 459 g/mol. The van der Waals surface area contributed by atoms with E-state index in [0.29, 0.717) is 17.0 Å². The van der Waals surface area contributed by atoms with Crippen molar-refractivity contribution < 1.29 is 13.9 Å². The first-order valence-electron chi connectivity index (χ1n) is 10.9. The number of ether oxygens (including phenoxy) is 1. The Morgan fingerprint density at radius 2 is 1.65 bits per heavy atom. The number of para-hydroxylation sites is 1. The van der Waals surface area contributed by atoms with Crippen LogP contribution in [0, 0.1) is 19.7 Å². The van der Waals surface area contributed by atoms with Gasteiger partial charge in [-0.1, -0.05) is 30.3 Å². The minimum atomic E-state index is -0.419. The summed E-state index contributed by atoms with van der Waals surface area (Å²) in [5, 5.41) is 3.73. The average molecular weight is 460 g/mol. The number of methoxy groups -OCH3 is 1. The van der Waals surface area contributed by atoms with Crippen LogP contribution in [0.3, 0.4) is 0 Å². The molecule has 0 radical (unpaired) electrons. The lowest BCUT2D eigenvalue weighted by Gasteiger charge is -2.24. The molecule has 7 heteroatoms. The predicted molar refractivity (Wildman–Crippen MR) is 132 cm³/mol. The topological polar surface area (TPSA) is 74.4 Å². The van der Waals surface area contributed by atoms with Crippen LogP contribution in [0.15, 0.2) is 71.5 Å². The van der Waals surface area contributed by atoms with E-state index in [1.54, 1.807) is 7.11 Å². The van der Waals surface area contributed by atoms with Crippen molar-refractivity contribution in [2.24, 2.45) is 0 Å². The number of H-pyrrole nitrogens is 1. The molecule has 0 atom stereocenters. The molecule has 0 fully saturated rings. The summed E-state index contributed by atoms with van der Waals surface area (Å²) in [5.41, 5.74) is 4.26. The van der Waals surface area contributed by atoms with E-state index in [4.69, 9.17) is 4.74 Å². The van der Waals surface area contributed by atoms with E-state index in [1.165, 1.54) is 29.2 Å². The number of urea groups is 1. The summed E-state index contributed by atoms with van der Waals surface area (Å²) in [5.74, 6) is 0.248. The van der Waals surface area contributed by atoms with Crippen LogP contribution in [-0.2, 0) is 13.1 Å². The SMILES string of the molecule is COc1ccccc1CN(Cc1cc2c(C)ccc(C)c2[nH]c1=O)C(=O)Nc1ccc(F)cc1. The number of aryl methyl sites for hydroxylation is 2. The van der Waals surface area contributed by atoms with Crippen molar-refractivity contribution in [2.75, 3.05) is 12.4 Å². The van der Waals surface area contributed by atoms with Crippen molar-refractivity contribution in [1.29, 1.82) is 0 Å². The lowest BCUT2D eigenvalue weighted by atomic mass is 10.0. The van der Waals surface area contributed by atoms with Crippen molar-refractivity contribution >= 4 is 22.6 Å². The summed E-state index contributed by atoms with van der Waals surface area (Å²) in [7, 11) is 1.57. The lowest BCUT2D eigenvalue weighted by molar-refractivity contribution is 0.205. The first kappa shape index (κ1) is 23.0. The molecule has 174 valence electrons. The van der Waals surface area contributed by atoms with E-state index in [2.05, 4.69) is 10.3 Å². The van der Waals surface area contributed by atoms with Crippen molar-refractivity contribution in [3.63, 3.8) is 0 Å². The zero-order chi connectivity index (χ0) is 24.2. The number of nitrogens with zero attached hydrogens (tertiary/aromatic N) is 1. The maximum absolute atomic E-state index is 13.3. The third-order valence-corrected chi connectivity index (χ3v) is 5.82. The van der Waals surface area contributed by atoms with Gasteiger partial charge in [0.15, 0.2) is 0 Å². The van der Waals surface area contributed by atoms with Gasteiger partial charge in [-0.05, 0) is 61.4 Å². The summed E-state index contributed by atoms with van der Waals surface area (Å²) in [6.07, 6.45) is 0. The van der Waals surface area contributed by atoms with Crippen LogP contribution in [0.2, 0.25) is 0 Å². The van der Waals surface area contributed by atoms with E-state index in [0.717, 1.165) is 27.6 Å². The van der Waals surface area contributed by atoms with Gasteiger partial charge < -0.3 is 19.9 Å². The number of halogens is 1. The summed E-state index contributed by atoms with van der Waals surface area (Å²) < 4.78 is 18.7. The molecule has 1 aromatic heterocycles. The second-order valence-electron chi connectivity index (χ2n) is 8.22. The van der Waals surface area contributed by atoms with Crippen molar-refractivity contribution in [3.8, 4) is 5.75 Å². The number of benzene rings is 3. The highest BCUT2D eigenvalue weighted by Gasteiger charge is 2.19. The van der Waals surface area contributed by atoms with Gasteiger partial charge in [0.1, 0.15) is 11.6 Å². The minimum absolute atomic E-state index is 0.0731. The Kier molecular flexibility index (Phi) is 6.63. The lowest BCUT2D eigenvalue weighted by Crippen LogP contribution is -2.36. The highest BCUT2D eigenvalue weighted by atomic mass is 19.1. The van der Waals surface area contributed by atoms with Crippen LogP contribution in [0.25, 0.3) is 10.9 Å². The van der Waals surface area contributed by atoms with E-state index in [9.17, 15) is 14.0 Å². The second kappa shape index (κ2) is 9.79. The Morgan fingerprint density at radius 3 is 2.38 bits per heavy atom. The Hall–Kier alpha value is -4.13. The molecule has 2 N–H and O–H groups in total. The van der Waals surface area contributed by atoms with Crippen molar-refractivity contribution in [1.82, 2.24) is 9.88 Å². The van der Waals surface area contributed by atoms with Gasteiger partial charge in [0.05, 0.1) is 25.7 Å². The Balaban J connectivity index is 1.71. The molecule has 0 aliphatic heterocycles. The molecule has 0 saturated carbocycles. The van der Waals surface area contributed by atoms with Gasteiger partial charge in [-0.25, -0.2) is 9.18 Å². The van der Waals surface area contributed by atoms with Crippen LogP contribution >= 0.6 is 0 Å². The number of hydrogen-bond donors (Lipinski definition) is 2. The number of nitrogens with one attached hydrogen (secondary N) is 2. The molecule has 34 heavy (non-hydrogen) atoms. The molecule has 0 spiro atoms. The molecule has 3 aromatic carbocycles. The fourth-order valence-corrected chi connectivity index (χ4v) is 3.92. The Labute approximate surface area is 197 Å². The third-order valence-electron chi connectivity index (χ3n) is 5.82. The van der Waals surface area contributed by atoms with Gasteiger partial charge >= 0.3 is 6.03 Å². The summed E-state index contributed by atoms with van der Waals surface area (Å²) in [4.78, 5) is 30.7. The molecule has 4 aromatic rings.